The van der Waals surface area contributed by atoms with Crippen LogP contribution in [0.2, 0.25) is 6.32 Å². The summed E-state index contributed by atoms with van der Waals surface area (Å²) in [5.41, 5.74) is 5.28. The summed E-state index contributed by atoms with van der Waals surface area (Å²) in [5.74, 6) is -8.95. The van der Waals surface area contributed by atoms with Gasteiger partial charge in [-0.2, -0.15) is 0 Å². The van der Waals surface area contributed by atoms with Crippen LogP contribution in [0.15, 0.2) is 5.11 Å². The van der Waals surface area contributed by atoms with Gasteiger partial charge < -0.3 is 5.32 Å². The smallest absolute Gasteiger partial charge is 0.257 e. The molecule has 0 saturated heterocycles. The molecule has 1 rings (SSSR count). The zero-order chi connectivity index (χ0) is 17.4. The van der Waals surface area contributed by atoms with Crippen LogP contribution in [0, 0.1) is 23.3 Å². The molecule has 0 aliphatic rings. The molecule has 0 aromatic heterocycles. The number of unbranched alkanes of at least 4 members (excludes halogenated alkanes) is 3. The minimum Gasteiger partial charge on any atom is -0.352 e. The highest BCUT2D eigenvalue weighted by molar-refractivity contribution is 6.08. The number of carbonyl (C=O) groups excluding carboxylic acids is 1. The summed E-state index contributed by atoms with van der Waals surface area (Å²) in [7, 11) is 5.31. The van der Waals surface area contributed by atoms with E-state index in [-0.39, 0.29) is 6.54 Å². The molecule has 122 valence electrons. The van der Waals surface area contributed by atoms with Crippen LogP contribution >= 0.6 is 0 Å². The van der Waals surface area contributed by atoms with Gasteiger partial charge in [-0.3, -0.25) is 4.79 Å². The summed E-state index contributed by atoms with van der Waals surface area (Å²) in [6, 6.07) is 0. The molecule has 1 amide bonds. The van der Waals surface area contributed by atoms with E-state index in [0.717, 1.165) is 19.3 Å². The third kappa shape index (κ3) is 4.62. The average molecular weight is 328 g/mol. The third-order valence-corrected chi connectivity index (χ3v) is 3.03. The molecule has 0 aliphatic carbocycles. The first-order valence-corrected chi connectivity index (χ1v) is 6.85. The molecule has 0 fully saturated rings. The van der Waals surface area contributed by atoms with Crippen molar-refractivity contribution in [3.63, 3.8) is 0 Å². The fourth-order valence-corrected chi connectivity index (χ4v) is 1.87. The van der Waals surface area contributed by atoms with Gasteiger partial charge in [-0.15, -0.1) is 0 Å². The van der Waals surface area contributed by atoms with Gasteiger partial charge in [0.05, 0.1) is 7.85 Å². The van der Waals surface area contributed by atoms with Crippen LogP contribution in [-0.4, -0.2) is 20.3 Å². The van der Waals surface area contributed by atoms with Crippen molar-refractivity contribution in [3.8, 4) is 0 Å². The summed E-state index contributed by atoms with van der Waals surface area (Å²) in [6.45, 7) is 0.0869. The number of nitrogens with one attached hydrogen (secondary N) is 1. The van der Waals surface area contributed by atoms with Gasteiger partial charge in [0.1, 0.15) is 11.3 Å². The second-order valence-electron chi connectivity index (χ2n) is 4.63. The fraction of sp³-hybridized carbons (Fsp3) is 0.462. The zero-order valence-electron chi connectivity index (χ0n) is 12.1. The van der Waals surface area contributed by atoms with Crippen LogP contribution in [0.5, 0.6) is 0 Å². The number of benzene rings is 1. The average Bonchev–Trinajstić information content (AvgIpc) is 2.53. The molecule has 0 unspecified atom stereocenters. The number of carbonyl (C=O) groups is 1. The molecule has 2 radical (unpaired) electrons. The van der Waals surface area contributed by atoms with Crippen molar-refractivity contribution in [2.45, 2.75) is 32.0 Å². The number of halogens is 4. The maximum Gasteiger partial charge on any atom is 0.257 e. The van der Waals surface area contributed by atoms with E-state index in [9.17, 15) is 22.4 Å². The lowest BCUT2D eigenvalue weighted by Crippen LogP contribution is -2.27. The summed E-state index contributed by atoms with van der Waals surface area (Å²) < 4.78 is 54.5. The molecular formula is C13H13BF4N4O. The summed E-state index contributed by atoms with van der Waals surface area (Å²) >= 11 is 0. The van der Waals surface area contributed by atoms with E-state index in [1.54, 1.807) is 0 Å². The molecule has 1 N–H and O–H groups in total. The van der Waals surface area contributed by atoms with Gasteiger partial charge in [0.2, 0.25) is 0 Å². The first kappa shape index (κ1) is 18.8. The van der Waals surface area contributed by atoms with Crippen LogP contribution in [0.1, 0.15) is 36.0 Å². The van der Waals surface area contributed by atoms with Crippen molar-refractivity contribution >= 4 is 19.4 Å². The first-order valence-electron chi connectivity index (χ1n) is 6.85. The van der Waals surface area contributed by atoms with E-state index in [1.165, 1.54) is 0 Å². The Labute approximate surface area is 131 Å². The largest absolute Gasteiger partial charge is 0.352 e. The van der Waals surface area contributed by atoms with Crippen molar-refractivity contribution in [2.75, 3.05) is 6.54 Å². The van der Waals surface area contributed by atoms with Crippen molar-refractivity contribution < 1.29 is 22.4 Å². The van der Waals surface area contributed by atoms with E-state index < -0.39 is 40.4 Å². The Morgan fingerprint density at radius 3 is 2.13 bits per heavy atom. The van der Waals surface area contributed by atoms with Crippen molar-refractivity contribution in [1.29, 1.82) is 0 Å². The van der Waals surface area contributed by atoms with Crippen LogP contribution in [0.3, 0.4) is 0 Å². The van der Waals surface area contributed by atoms with E-state index in [1.807, 2.05) is 0 Å². The van der Waals surface area contributed by atoms with Crippen molar-refractivity contribution in [3.05, 3.63) is 39.3 Å². The van der Waals surface area contributed by atoms with Crippen LogP contribution in [0.25, 0.3) is 10.4 Å². The predicted molar refractivity (Wildman–Crippen MR) is 76.4 cm³/mol. The van der Waals surface area contributed by atoms with Gasteiger partial charge in [-0.1, -0.05) is 30.7 Å². The van der Waals surface area contributed by atoms with Crippen molar-refractivity contribution in [1.82, 2.24) is 5.32 Å². The monoisotopic (exact) mass is 328 g/mol. The zero-order valence-corrected chi connectivity index (χ0v) is 12.1. The molecule has 23 heavy (non-hydrogen) atoms. The lowest BCUT2D eigenvalue weighted by Gasteiger charge is -2.10. The van der Waals surface area contributed by atoms with Crippen LogP contribution < -0.4 is 5.32 Å². The molecular weight excluding hydrogens is 315 g/mol. The Balaban J connectivity index is 2.87. The third-order valence-electron chi connectivity index (χ3n) is 3.03. The minimum absolute atomic E-state index is 0.0869. The van der Waals surface area contributed by atoms with Gasteiger partial charge in [0.15, 0.2) is 23.3 Å². The first-order chi connectivity index (χ1) is 11.0. The van der Waals surface area contributed by atoms with Gasteiger partial charge in [0, 0.05) is 11.5 Å². The standard InChI is InChI=1S/C13H13BF4N4O/c14-5-3-1-2-4-6-20-13(23)7-8(15)10(17)12(21-22-19)11(18)9(7)16/h1-6H2,(H,20,23). The Bertz CT molecular complexity index is 606. The number of azide groups is 1. The normalized spacial score (nSPS) is 10.3. The van der Waals surface area contributed by atoms with Gasteiger partial charge in [0.25, 0.3) is 5.91 Å². The Hall–Kier alpha value is -2.22. The van der Waals surface area contributed by atoms with Crippen molar-refractivity contribution in [2.24, 2.45) is 5.11 Å². The van der Waals surface area contributed by atoms with E-state index >= 15 is 0 Å². The topological polar surface area (TPSA) is 77.9 Å². The second kappa shape index (κ2) is 9.04. The van der Waals surface area contributed by atoms with E-state index in [2.05, 4.69) is 15.3 Å². The molecule has 0 bridgehead atoms. The molecule has 10 heteroatoms. The lowest BCUT2D eigenvalue weighted by atomic mass is 9.99. The number of rotatable bonds is 8. The minimum atomic E-state index is -1.92. The van der Waals surface area contributed by atoms with Crippen LogP contribution in [0.4, 0.5) is 23.2 Å². The highest BCUT2D eigenvalue weighted by Crippen LogP contribution is 2.30. The summed E-state index contributed by atoms with van der Waals surface area (Å²) in [5, 5.41) is 4.72. The fourth-order valence-electron chi connectivity index (χ4n) is 1.87. The van der Waals surface area contributed by atoms with E-state index in [0.29, 0.717) is 12.7 Å². The molecule has 1 aromatic carbocycles. The highest BCUT2D eigenvalue weighted by atomic mass is 19.2. The predicted octanol–water partition coefficient (Wildman–Crippen LogP) is 4.06. The molecule has 0 spiro atoms. The van der Waals surface area contributed by atoms with Gasteiger partial charge in [-0.05, 0) is 12.0 Å². The highest BCUT2D eigenvalue weighted by Gasteiger charge is 2.28. The molecule has 1 aromatic rings. The van der Waals surface area contributed by atoms with E-state index in [4.69, 9.17) is 13.4 Å². The number of hydrogen-bond acceptors (Lipinski definition) is 2. The molecule has 0 atom stereocenters. The Kier molecular flexibility index (Phi) is 7.41. The van der Waals surface area contributed by atoms with Gasteiger partial charge in [-0.25, -0.2) is 17.6 Å². The quantitative estimate of drug-likeness (QED) is 0.146. The lowest BCUT2D eigenvalue weighted by molar-refractivity contribution is 0.0942. The molecule has 0 aliphatic heterocycles. The number of amides is 1. The van der Waals surface area contributed by atoms with Gasteiger partial charge >= 0.3 is 0 Å². The van der Waals surface area contributed by atoms with Crippen LogP contribution in [-0.2, 0) is 0 Å². The number of nitrogens with zero attached hydrogens (tertiary/aromatic N) is 3. The SMILES string of the molecule is [B]CCCCCCNC(=O)c1c(F)c(F)c(N=[N+]=[N-])c(F)c1F. The summed E-state index contributed by atoms with van der Waals surface area (Å²) in [6.07, 6.45) is 3.45. The molecule has 0 heterocycles. The Morgan fingerprint density at radius 2 is 1.61 bits per heavy atom. The maximum atomic E-state index is 13.7. The summed E-state index contributed by atoms with van der Waals surface area (Å²) in [4.78, 5) is 13.8. The second-order valence-corrected chi connectivity index (χ2v) is 4.63. The Morgan fingerprint density at radius 1 is 1.04 bits per heavy atom. The number of hydrogen-bond donors (Lipinski definition) is 1. The maximum absolute atomic E-state index is 13.7. The molecule has 0 saturated carbocycles. The molecule has 5 nitrogen and oxygen atoms in total.